The van der Waals surface area contributed by atoms with Gasteiger partial charge in [0, 0.05) is 24.9 Å². The number of hydrogen-bond donors (Lipinski definition) is 1. The average Bonchev–Trinajstić information content (AvgIpc) is 2.97. The summed E-state index contributed by atoms with van der Waals surface area (Å²) in [6.45, 7) is 2.53. The first-order chi connectivity index (χ1) is 10.6. The van der Waals surface area contributed by atoms with Crippen molar-refractivity contribution in [1.82, 2.24) is 4.98 Å². The van der Waals surface area contributed by atoms with Crippen LogP contribution in [0.1, 0.15) is 29.4 Å². The summed E-state index contributed by atoms with van der Waals surface area (Å²) in [6, 6.07) is 10.4. The lowest BCUT2D eigenvalue weighted by molar-refractivity contribution is -0.118. The number of amides is 1. The number of carbonyl (C=O) groups excluding carboxylic acids is 1. The number of benzene rings is 1. The summed E-state index contributed by atoms with van der Waals surface area (Å²) in [6.07, 6.45) is 1.24. The van der Waals surface area contributed by atoms with E-state index in [-0.39, 0.29) is 11.5 Å². The molecular formula is C17H16N2O3. The Morgan fingerprint density at radius 3 is 2.55 bits per heavy atom. The first-order valence-electron chi connectivity index (χ1n) is 7.24. The largest absolute Gasteiger partial charge is 0.478 e. The number of fused-ring (bicyclic) bond motifs is 1. The highest BCUT2D eigenvalue weighted by Crippen LogP contribution is 2.30. The van der Waals surface area contributed by atoms with Gasteiger partial charge in [-0.25, -0.2) is 4.79 Å². The second kappa shape index (κ2) is 5.60. The minimum absolute atomic E-state index is 0.110. The van der Waals surface area contributed by atoms with Gasteiger partial charge in [0.15, 0.2) is 0 Å². The van der Waals surface area contributed by atoms with E-state index in [9.17, 15) is 9.59 Å². The van der Waals surface area contributed by atoms with Crippen LogP contribution in [0.3, 0.4) is 0 Å². The van der Waals surface area contributed by atoms with Gasteiger partial charge in [0.05, 0.1) is 22.6 Å². The summed E-state index contributed by atoms with van der Waals surface area (Å²) in [4.78, 5) is 29.2. The van der Waals surface area contributed by atoms with Crippen molar-refractivity contribution in [2.45, 2.75) is 19.8 Å². The molecule has 1 aliphatic heterocycles. The van der Waals surface area contributed by atoms with Gasteiger partial charge in [0.2, 0.25) is 5.91 Å². The van der Waals surface area contributed by atoms with Crippen molar-refractivity contribution in [2.75, 3.05) is 11.4 Å². The number of carboxylic acid groups (broad SMARTS) is 1. The molecular weight excluding hydrogens is 280 g/mol. The molecule has 0 unspecified atom stereocenters. The molecule has 3 rings (SSSR count). The Kier molecular flexibility index (Phi) is 3.63. The molecule has 0 bridgehead atoms. The molecule has 0 saturated carbocycles. The molecule has 0 atom stereocenters. The number of aromatic nitrogens is 1. The van der Waals surface area contributed by atoms with E-state index >= 15 is 0 Å². The Hall–Kier alpha value is -2.69. The molecule has 112 valence electrons. The van der Waals surface area contributed by atoms with Crippen LogP contribution in [0.5, 0.6) is 0 Å². The Morgan fingerprint density at radius 2 is 1.91 bits per heavy atom. The van der Waals surface area contributed by atoms with Gasteiger partial charge < -0.3 is 10.0 Å². The standard InChI is InChI=1S/C17H16N2O3/c1-2-16(20)19-10-9-14-15(19)8-7-13(18-14)11-3-5-12(6-4-11)17(21)22/h3-8H,2,9-10H2,1H3,(H,21,22). The molecule has 2 aromatic rings. The fourth-order valence-electron chi connectivity index (χ4n) is 2.66. The van der Waals surface area contributed by atoms with Crippen LogP contribution in [-0.2, 0) is 11.2 Å². The van der Waals surface area contributed by atoms with Crippen LogP contribution >= 0.6 is 0 Å². The molecule has 5 heteroatoms. The quantitative estimate of drug-likeness (QED) is 0.945. The van der Waals surface area contributed by atoms with Crippen molar-refractivity contribution >= 4 is 17.6 Å². The monoisotopic (exact) mass is 296 g/mol. The van der Waals surface area contributed by atoms with E-state index in [1.165, 1.54) is 0 Å². The highest BCUT2D eigenvalue weighted by Gasteiger charge is 2.24. The first kappa shape index (κ1) is 14.3. The van der Waals surface area contributed by atoms with Crippen molar-refractivity contribution in [3.63, 3.8) is 0 Å². The van der Waals surface area contributed by atoms with Gasteiger partial charge in [-0.1, -0.05) is 19.1 Å². The van der Waals surface area contributed by atoms with Gasteiger partial charge in [-0.05, 0) is 24.3 Å². The first-order valence-corrected chi connectivity index (χ1v) is 7.24. The molecule has 22 heavy (non-hydrogen) atoms. The molecule has 0 radical (unpaired) electrons. The molecule has 1 aliphatic rings. The summed E-state index contributed by atoms with van der Waals surface area (Å²) >= 11 is 0. The lowest BCUT2D eigenvalue weighted by Gasteiger charge is -2.16. The number of aromatic carboxylic acids is 1. The maximum Gasteiger partial charge on any atom is 0.335 e. The van der Waals surface area contributed by atoms with Gasteiger partial charge >= 0.3 is 5.97 Å². The van der Waals surface area contributed by atoms with Gasteiger partial charge in [0.25, 0.3) is 0 Å². The van der Waals surface area contributed by atoms with Crippen molar-refractivity contribution in [2.24, 2.45) is 0 Å². The van der Waals surface area contributed by atoms with Crippen LogP contribution in [0.15, 0.2) is 36.4 Å². The van der Waals surface area contributed by atoms with Gasteiger partial charge in [-0.15, -0.1) is 0 Å². The maximum absolute atomic E-state index is 11.9. The topological polar surface area (TPSA) is 70.5 Å². The van der Waals surface area contributed by atoms with Crippen molar-refractivity contribution in [1.29, 1.82) is 0 Å². The lowest BCUT2D eigenvalue weighted by atomic mass is 10.1. The molecule has 2 heterocycles. The molecule has 0 spiro atoms. The predicted octanol–water partition coefficient (Wildman–Crippen LogP) is 2.75. The van der Waals surface area contributed by atoms with Crippen LogP contribution in [0, 0.1) is 0 Å². The molecule has 0 fully saturated rings. The van der Waals surface area contributed by atoms with E-state index in [0.29, 0.717) is 13.0 Å². The molecule has 5 nitrogen and oxygen atoms in total. The van der Waals surface area contributed by atoms with Crippen LogP contribution < -0.4 is 4.90 Å². The number of carbonyl (C=O) groups is 2. The second-order valence-corrected chi connectivity index (χ2v) is 5.19. The zero-order valence-electron chi connectivity index (χ0n) is 12.2. The zero-order chi connectivity index (χ0) is 15.7. The summed E-state index contributed by atoms with van der Waals surface area (Å²) < 4.78 is 0. The molecule has 0 saturated heterocycles. The van der Waals surface area contributed by atoms with Gasteiger partial charge in [-0.2, -0.15) is 0 Å². The molecule has 1 amide bonds. The molecule has 1 N–H and O–H groups in total. The van der Waals surface area contributed by atoms with Gasteiger partial charge in [0.1, 0.15) is 0 Å². The van der Waals surface area contributed by atoms with E-state index in [1.807, 2.05) is 19.1 Å². The Morgan fingerprint density at radius 1 is 1.18 bits per heavy atom. The van der Waals surface area contributed by atoms with E-state index in [0.717, 1.165) is 29.1 Å². The normalized spacial score (nSPS) is 13.0. The van der Waals surface area contributed by atoms with E-state index in [4.69, 9.17) is 5.11 Å². The number of anilines is 1. The SMILES string of the molecule is CCC(=O)N1CCc2nc(-c3ccc(C(=O)O)cc3)ccc21. The van der Waals surface area contributed by atoms with Crippen LogP contribution in [0.2, 0.25) is 0 Å². The van der Waals surface area contributed by atoms with Crippen LogP contribution in [0.4, 0.5) is 5.69 Å². The number of carboxylic acids is 1. The Labute approximate surface area is 128 Å². The van der Waals surface area contributed by atoms with Crippen molar-refractivity contribution in [3.05, 3.63) is 47.7 Å². The number of pyridine rings is 1. The number of hydrogen-bond acceptors (Lipinski definition) is 3. The van der Waals surface area contributed by atoms with E-state index < -0.39 is 5.97 Å². The summed E-state index contributed by atoms with van der Waals surface area (Å²) in [7, 11) is 0. The van der Waals surface area contributed by atoms with Crippen molar-refractivity contribution < 1.29 is 14.7 Å². The van der Waals surface area contributed by atoms with Crippen LogP contribution in [-0.4, -0.2) is 28.5 Å². The van der Waals surface area contributed by atoms with Crippen LogP contribution in [0.25, 0.3) is 11.3 Å². The molecule has 0 aliphatic carbocycles. The lowest BCUT2D eigenvalue weighted by Crippen LogP contribution is -2.27. The zero-order valence-corrected chi connectivity index (χ0v) is 12.2. The van der Waals surface area contributed by atoms with Gasteiger partial charge in [-0.3, -0.25) is 9.78 Å². The fourth-order valence-corrected chi connectivity index (χ4v) is 2.66. The summed E-state index contributed by atoms with van der Waals surface area (Å²) in [5.74, 6) is -0.832. The van der Waals surface area contributed by atoms with E-state index in [1.54, 1.807) is 29.2 Å². The third-order valence-electron chi connectivity index (χ3n) is 3.84. The molecule has 1 aromatic carbocycles. The minimum atomic E-state index is -0.942. The van der Waals surface area contributed by atoms with Crippen molar-refractivity contribution in [3.8, 4) is 11.3 Å². The Bertz CT molecular complexity index is 738. The fraction of sp³-hybridized carbons (Fsp3) is 0.235. The third-order valence-corrected chi connectivity index (χ3v) is 3.84. The third kappa shape index (κ3) is 2.45. The highest BCUT2D eigenvalue weighted by molar-refractivity contribution is 5.95. The predicted molar refractivity (Wildman–Crippen MR) is 83.0 cm³/mol. The summed E-state index contributed by atoms with van der Waals surface area (Å²) in [5.41, 5.74) is 3.72. The highest BCUT2D eigenvalue weighted by atomic mass is 16.4. The second-order valence-electron chi connectivity index (χ2n) is 5.19. The molecule has 1 aromatic heterocycles. The van der Waals surface area contributed by atoms with E-state index in [2.05, 4.69) is 4.98 Å². The maximum atomic E-state index is 11.9. The Balaban J connectivity index is 1.91. The summed E-state index contributed by atoms with van der Waals surface area (Å²) in [5, 5.41) is 8.92. The smallest absolute Gasteiger partial charge is 0.335 e. The number of nitrogens with zero attached hydrogens (tertiary/aromatic N) is 2. The average molecular weight is 296 g/mol. The number of rotatable bonds is 3. The minimum Gasteiger partial charge on any atom is -0.478 e.